The van der Waals surface area contributed by atoms with Crippen LogP contribution in [0.4, 0.5) is 0 Å². The van der Waals surface area contributed by atoms with Gasteiger partial charge in [-0.05, 0) is 12.1 Å². The van der Waals surface area contributed by atoms with Crippen molar-refractivity contribution in [1.29, 1.82) is 0 Å². The van der Waals surface area contributed by atoms with Crippen LogP contribution in [0.5, 0.6) is 11.5 Å². The smallest absolute Gasteiger partial charge is 0.176 e. The Labute approximate surface area is 119 Å². The van der Waals surface area contributed by atoms with Crippen LogP contribution in [0.2, 0.25) is 0 Å². The Morgan fingerprint density at radius 3 is 2.84 bits per heavy atom. The van der Waals surface area contributed by atoms with Gasteiger partial charge in [0.2, 0.25) is 0 Å². The molecule has 2 rings (SSSR count). The maximum atomic E-state index is 12.2. The number of methoxy groups -OCH3 is 2. The van der Waals surface area contributed by atoms with Gasteiger partial charge in [0.05, 0.1) is 25.5 Å². The van der Waals surface area contributed by atoms with E-state index in [9.17, 15) is 4.79 Å². The van der Waals surface area contributed by atoms with Gasteiger partial charge in [-0.15, -0.1) is 11.3 Å². The summed E-state index contributed by atoms with van der Waals surface area (Å²) in [5, 5.41) is 1.89. The molecule has 0 spiro atoms. The zero-order chi connectivity index (χ0) is 13.7. The fraction of sp³-hybridized carbons (Fsp3) is 0.231. The molecule has 0 aliphatic carbocycles. The van der Waals surface area contributed by atoms with Crippen molar-refractivity contribution in [2.75, 3.05) is 20.0 Å². The van der Waals surface area contributed by atoms with E-state index in [1.807, 2.05) is 5.38 Å². The Kier molecular flexibility index (Phi) is 4.81. The van der Waals surface area contributed by atoms with Gasteiger partial charge in [0, 0.05) is 17.6 Å². The Balaban J connectivity index is 2.09. The van der Waals surface area contributed by atoms with Gasteiger partial charge in [-0.1, -0.05) is 11.8 Å². The third-order valence-electron chi connectivity index (χ3n) is 2.45. The van der Waals surface area contributed by atoms with E-state index in [0.29, 0.717) is 22.8 Å². The van der Waals surface area contributed by atoms with Crippen LogP contribution in [0.25, 0.3) is 0 Å². The number of thioether (sulfide) groups is 1. The maximum Gasteiger partial charge on any atom is 0.176 e. The second kappa shape index (κ2) is 6.58. The molecule has 4 nitrogen and oxygen atoms in total. The largest absolute Gasteiger partial charge is 0.497 e. The van der Waals surface area contributed by atoms with E-state index in [4.69, 9.17) is 9.47 Å². The first-order valence-corrected chi connectivity index (χ1v) is 7.38. The average molecular weight is 295 g/mol. The number of carbonyl (C=O) groups is 1. The molecular weight excluding hydrogens is 282 g/mol. The van der Waals surface area contributed by atoms with Crippen molar-refractivity contribution in [1.82, 2.24) is 4.98 Å². The molecule has 0 amide bonds. The molecule has 0 saturated heterocycles. The van der Waals surface area contributed by atoms with Crippen molar-refractivity contribution in [2.45, 2.75) is 4.34 Å². The lowest BCUT2D eigenvalue weighted by Gasteiger charge is -2.09. The molecule has 0 fully saturated rings. The molecular formula is C13H13NO3S2. The monoisotopic (exact) mass is 295 g/mol. The zero-order valence-corrected chi connectivity index (χ0v) is 12.2. The minimum absolute atomic E-state index is 0.0136. The van der Waals surface area contributed by atoms with Gasteiger partial charge < -0.3 is 9.47 Å². The Morgan fingerprint density at radius 1 is 1.37 bits per heavy atom. The topological polar surface area (TPSA) is 48.4 Å². The van der Waals surface area contributed by atoms with Gasteiger partial charge in [0.15, 0.2) is 5.78 Å². The van der Waals surface area contributed by atoms with E-state index in [1.54, 1.807) is 38.6 Å². The van der Waals surface area contributed by atoms with Crippen LogP contribution in [0.1, 0.15) is 10.4 Å². The highest BCUT2D eigenvalue weighted by atomic mass is 32.2. The summed E-state index contributed by atoms with van der Waals surface area (Å²) in [7, 11) is 3.12. The second-order valence-electron chi connectivity index (χ2n) is 3.58. The summed E-state index contributed by atoms with van der Waals surface area (Å²) < 4.78 is 11.2. The molecule has 1 aromatic carbocycles. The number of Topliss-reactive ketones (excluding diaryl/α,β-unsaturated/α-hetero) is 1. The van der Waals surface area contributed by atoms with Gasteiger partial charge in [0.25, 0.3) is 0 Å². The summed E-state index contributed by atoms with van der Waals surface area (Å²) in [5.41, 5.74) is 0.562. The fourth-order valence-electron chi connectivity index (χ4n) is 1.52. The second-order valence-corrected chi connectivity index (χ2v) is 5.69. The number of thiazole rings is 1. The SMILES string of the molecule is COc1ccc(C(=O)CSc2nccs2)c(OC)c1. The van der Waals surface area contributed by atoms with Crippen molar-refractivity contribution < 1.29 is 14.3 Å². The van der Waals surface area contributed by atoms with Crippen LogP contribution in [-0.2, 0) is 0 Å². The number of aromatic nitrogens is 1. The molecule has 100 valence electrons. The molecule has 1 heterocycles. The lowest BCUT2D eigenvalue weighted by molar-refractivity contribution is 0.101. The predicted molar refractivity (Wildman–Crippen MR) is 76.7 cm³/mol. The van der Waals surface area contributed by atoms with Crippen LogP contribution in [-0.4, -0.2) is 30.7 Å². The summed E-state index contributed by atoms with van der Waals surface area (Å²) >= 11 is 2.95. The van der Waals surface area contributed by atoms with Gasteiger partial charge in [0.1, 0.15) is 15.8 Å². The minimum atomic E-state index is 0.0136. The van der Waals surface area contributed by atoms with E-state index >= 15 is 0 Å². The normalized spacial score (nSPS) is 10.2. The summed E-state index contributed by atoms with van der Waals surface area (Å²) in [6.45, 7) is 0. The van der Waals surface area contributed by atoms with E-state index in [1.165, 1.54) is 23.1 Å². The number of benzene rings is 1. The Morgan fingerprint density at radius 2 is 2.21 bits per heavy atom. The first kappa shape index (κ1) is 13.9. The van der Waals surface area contributed by atoms with Crippen LogP contribution in [0, 0.1) is 0 Å². The molecule has 0 aliphatic rings. The van der Waals surface area contributed by atoms with Crippen molar-refractivity contribution in [2.24, 2.45) is 0 Å². The maximum absolute atomic E-state index is 12.2. The molecule has 0 bridgehead atoms. The molecule has 0 aliphatic heterocycles. The summed E-state index contributed by atoms with van der Waals surface area (Å²) in [6, 6.07) is 5.19. The highest BCUT2D eigenvalue weighted by Crippen LogP contribution is 2.27. The van der Waals surface area contributed by atoms with Crippen LogP contribution >= 0.6 is 23.1 Å². The highest BCUT2D eigenvalue weighted by molar-refractivity contribution is 8.01. The summed E-state index contributed by atoms with van der Waals surface area (Å²) in [4.78, 5) is 16.3. The number of hydrogen-bond acceptors (Lipinski definition) is 6. The van der Waals surface area contributed by atoms with Crippen LogP contribution in [0.3, 0.4) is 0 Å². The summed E-state index contributed by atoms with van der Waals surface area (Å²) in [5.74, 6) is 1.56. The van der Waals surface area contributed by atoms with E-state index in [0.717, 1.165) is 4.34 Å². The quantitative estimate of drug-likeness (QED) is 0.605. The zero-order valence-electron chi connectivity index (χ0n) is 10.6. The van der Waals surface area contributed by atoms with E-state index in [2.05, 4.69) is 4.98 Å². The van der Waals surface area contributed by atoms with Crippen LogP contribution < -0.4 is 9.47 Å². The van der Waals surface area contributed by atoms with Gasteiger partial charge in [-0.2, -0.15) is 0 Å². The third kappa shape index (κ3) is 3.48. The first-order valence-electron chi connectivity index (χ1n) is 5.52. The van der Waals surface area contributed by atoms with Gasteiger partial charge in [-0.3, -0.25) is 4.79 Å². The highest BCUT2D eigenvalue weighted by Gasteiger charge is 2.14. The van der Waals surface area contributed by atoms with E-state index in [-0.39, 0.29) is 5.78 Å². The molecule has 0 unspecified atom stereocenters. The first-order chi connectivity index (χ1) is 9.24. The lowest BCUT2D eigenvalue weighted by atomic mass is 10.1. The fourth-order valence-corrected chi connectivity index (χ4v) is 3.04. The molecule has 0 atom stereocenters. The minimum Gasteiger partial charge on any atom is -0.497 e. The predicted octanol–water partition coefficient (Wildman–Crippen LogP) is 3.14. The summed E-state index contributed by atoms with van der Waals surface area (Å²) in [6.07, 6.45) is 1.73. The number of hydrogen-bond donors (Lipinski definition) is 0. The lowest BCUT2D eigenvalue weighted by Crippen LogP contribution is -2.05. The van der Waals surface area contributed by atoms with Gasteiger partial charge in [-0.25, -0.2) is 4.98 Å². The Bertz CT molecular complexity index is 555. The number of rotatable bonds is 6. The third-order valence-corrected chi connectivity index (χ3v) is 4.41. The molecule has 0 saturated carbocycles. The number of carbonyl (C=O) groups excluding carboxylic acids is 1. The van der Waals surface area contributed by atoms with Crippen molar-refractivity contribution >= 4 is 28.9 Å². The van der Waals surface area contributed by atoms with Crippen molar-refractivity contribution in [3.05, 3.63) is 35.3 Å². The van der Waals surface area contributed by atoms with Crippen molar-refractivity contribution in [3.8, 4) is 11.5 Å². The Hall–Kier alpha value is -1.53. The van der Waals surface area contributed by atoms with Crippen molar-refractivity contribution in [3.63, 3.8) is 0 Å². The number of nitrogens with zero attached hydrogens (tertiary/aromatic N) is 1. The molecule has 1 aromatic heterocycles. The van der Waals surface area contributed by atoms with Gasteiger partial charge >= 0.3 is 0 Å². The standard InChI is InChI=1S/C13H13NO3S2/c1-16-9-3-4-10(12(7-9)17-2)11(15)8-19-13-14-5-6-18-13/h3-7H,8H2,1-2H3. The number of ether oxygens (including phenoxy) is 2. The number of ketones is 1. The molecule has 19 heavy (non-hydrogen) atoms. The molecule has 0 N–H and O–H groups in total. The molecule has 0 radical (unpaired) electrons. The average Bonchev–Trinajstić information content (AvgIpc) is 2.97. The molecule has 2 aromatic rings. The molecule has 6 heteroatoms. The van der Waals surface area contributed by atoms with Crippen LogP contribution in [0.15, 0.2) is 34.1 Å². The van der Waals surface area contributed by atoms with E-state index < -0.39 is 0 Å².